The minimum Gasteiger partial charge on any atom is -0.512 e. The second-order valence-electron chi connectivity index (χ2n) is 8.49. The number of hydrogen-bond donors (Lipinski definition) is 1. The van der Waals surface area contributed by atoms with Crippen molar-refractivity contribution in [1.82, 2.24) is 4.98 Å². The van der Waals surface area contributed by atoms with Crippen molar-refractivity contribution in [3.63, 3.8) is 0 Å². The SMILES string of the molecule is CC(=O)/C=C(/C)O.[Ir].[c-]1cc(C2CC2)ccc1-c1nc2ccccc2c2c1oc1ccccc12. The number of para-hydroxylation sites is 2. The van der Waals surface area contributed by atoms with Gasteiger partial charge in [-0.1, -0.05) is 55.2 Å². The van der Waals surface area contributed by atoms with Gasteiger partial charge in [-0.15, -0.1) is 35.4 Å². The molecule has 0 atom stereocenters. The second-order valence-corrected chi connectivity index (χ2v) is 8.49. The van der Waals surface area contributed by atoms with Crippen molar-refractivity contribution in [1.29, 1.82) is 0 Å². The van der Waals surface area contributed by atoms with Crippen LogP contribution in [0.15, 0.2) is 83.0 Å². The zero-order valence-corrected chi connectivity index (χ0v) is 21.4. The van der Waals surface area contributed by atoms with Crippen LogP contribution >= 0.6 is 0 Å². The molecule has 1 radical (unpaired) electrons. The molecule has 1 N–H and O–H groups in total. The maximum Gasteiger partial charge on any atom is 0.155 e. The zero-order chi connectivity index (χ0) is 22.9. The Morgan fingerprint density at radius 2 is 1.74 bits per heavy atom. The van der Waals surface area contributed by atoms with Crippen LogP contribution in [0.5, 0.6) is 0 Å². The van der Waals surface area contributed by atoms with Crippen molar-refractivity contribution in [2.45, 2.75) is 32.6 Å². The Labute approximate surface area is 211 Å². The number of benzene rings is 3. The maximum absolute atomic E-state index is 10.0. The van der Waals surface area contributed by atoms with Gasteiger partial charge in [0.2, 0.25) is 0 Å². The van der Waals surface area contributed by atoms with E-state index in [4.69, 9.17) is 14.5 Å². The molecule has 0 amide bonds. The third kappa shape index (κ3) is 4.82. The molecule has 5 heteroatoms. The molecule has 3 aromatic carbocycles. The van der Waals surface area contributed by atoms with Gasteiger partial charge in [0, 0.05) is 48.0 Å². The van der Waals surface area contributed by atoms with Crippen LogP contribution in [0.25, 0.3) is 44.1 Å². The largest absolute Gasteiger partial charge is 0.512 e. The van der Waals surface area contributed by atoms with E-state index >= 15 is 0 Å². The van der Waals surface area contributed by atoms with Crippen molar-refractivity contribution in [3.05, 3.63) is 90.2 Å². The van der Waals surface area contributed by atoms with Gasteiger partial charge in [-0.25, -0.2) is 0 Å². The molecule has 34 heavy (non-hydrogen) atoms. The third-order valence-corrected chi connectivity index (χ3v) is 5.77. The summed E-state index contributed by atoms with van der Waals surface area (Å²) in [5.74, 6) is 0.670. The summed E-state index contributed by atoms with van der Waals surface area (Å²) in [7, 11) is 0. The van der Waals surface area contributed by atoms with E-state index in [1.165, 1.54) is 38.3 Å². The van der Waals surface area contributed by atoms with Crippen molar-refractivity contribution < 1.29 is 34.4 Å². The summed E-state index contributed by atoms with van der Waals surface area (Å²) in [4.78, 5) is 15.0. The number of fused-ring (bicyclic) bond motifs is 5. The molecule has 173 valence electrons. The number of allylic oxidation sites excluding steroid dienone is 2. The molecule has 1 saturated carbocycles. The van der Waals surface area contributed by atoms with E-state index in [1.54, 1.807) is 0 Å². The van der Waals surface area contributed by atoms with E-state index in [1.807, 2.05) is 18.2 Å². The zero-order valence-electron chi connectivity index (χ0n) is 19.0. The molecular weight excluding hydrogens is 603 g/mol. The molecule has 2 aromatic heterocycles. The fourth-order valence-corrected chi connectivity index (χ4v) is 4.16. The summed E-state index contributed by atoms with van der Waals surface area (Å²) < 4.78 is 6.25. The quantitative estimate of drug-likeness (QED) is 0.128. The van der Waals surface area contributed by atoms with E-state index < -0.39 is 0 Å². The van der Waals surface area contributed by atoms with Gasteiger partial charge >= 0.3 is 0 Å². The first-order valence-electron chi connectivity index (χ1n) is 11.1. The molecule has 0 saturated heterocycles. The normalized spacial score (nSPS) is 13.4. The number of hydrogen-bond acceptors (Lipinski definition) is 4. The van der Waals surface area contributed by atoms with Crippen LogP contribution in [0.4, 0.5) is 0 Å². The van der Waals surface area contributed by atoms with Gasteiger partial charge in [0.25, 0.3) is 0 Å². The molecule has 5 aromatic rings. The van der Waals surface area contributed by atoms with Crippen LogP contribution in [0, 0.1) is 6.07 Å². The minimum absolute atomic E-state index is 0. The Bertz CT molecular complexity index is 1510. The number of carbonyl (C=O) groups is 1. The molecule has 1 fully saturated rings. The van der Waals surface area contributed by atoms with Gasteiger partial charge in [-0.2, -0.15) is 0 Å². The summed E-state index contributed by atoms with van der Waals surface area (Å²) >= 11 is 0. The third-order valence-electron chi connectivity index (χ3n) is 5.77. The first kappa shape index (κ1) is 23.9. The summed E-state index contributed by atoms with van der Waals surface area (Å²) in [6.45, 7) is 2.85. The molecule has 0 aliphatic heterocycles. The molecule has 1 aliphatic carbocycles. The maximum atomic E-state index is 10.0. The number of ketones is 1. The summed E-state index contributed by atoms with van der Waals surface area (Å²) in [6, 6.07) is 26.4. The Balaban J connectivity index is 0.000000303. The number of pyridine rings is 1. The van der Waals surface area contributed by atoms with Crippen LogP contribution in [-0.4, -0.2) is 15.9 Å². The average Bonchev–Trinajstić information content (AvgIpc) is 3.58. The van der Waals surface area contributed by atoms with Crippen LogP contribution in [0.1, 0.15) is 38.2 Å². The topological polar surface area (TPSA) is 63.3 Å². The van der Waals surface area contributed by atoms with E-state index in [2.05, 4.69) is 54.6 Å². The molecule has 0 bridgehead atoms. The van der Waals surface area contributed by atoms with Crippen molar-refractivity contribution >= 4 is 38.6 Å². The number of aromatic nitrogens is 1. The number of rotatable bonds is 3. The van der Waals surface area contributed by atoms with E-state index in [-0.39, 0.29) is 31.6 Å². The van der Waals surface area contributed by atoms with Gasteiger partial charge in [-0.3, -0.25) is 9.78 Å². The molecule has 1 aliphatic rings. The first-order chi connectivity index (χ1) is 16.0. The predicted octanol–water partition coefficient (Wildman–Crippen LogP) is 7.51. The smallest absolute Gasteiger partial charge is 0.155 e. The molecule has 0 unspecified atom stereocenters. The molecule has 0 spiro atoms. The first-order valence-corrected chi connectivity index (χ1v) is 11.1. The summed E-state index contributed by atoms with van der Waals surface area (Å²) in [5.41, 5.74) is 5.98. The van der Waals surface area contributed by atoms with Crippen molar-refractivity contribution in [3.8, 4) is 11.3 Å². The minimum atomic E-state index is -0.125. The molecular formula is C29H24IrNO3-. The Hall–Kier alpha value is -3.27. The summed E-state index contributed by atoms with van der Waals surface area (Å²) in [6.07, 6.45) is 3.77. The number of aliphatic hydroxyl groups excluding tert-OH is 1. The fraction of sp³-hybridized carbons (Fsp3) is 0.172. The molecule has 4 nitrogen and oxygen atoms in total. The average molecular weight is 627 g/mol. The van der Waals surface area contributed by atoms with E-state index in [9.17, 15) is 4.79 Å². The van der Waals surface area contributed by atoms with Gasteiger partial charge in [0.1, 0.15) is 11.2 Å². The number of furan rings is 1. The molecule has 2 heterocycles. The van der Waals surface area contributed by atoms with E-state index in [0.717, 1.165) is 50.0 Å². The number of nitrogens with zero attached hydrogens (tertiary/aromatic N) is 1. The van der Waals surface area contributed by atoms with Crippen LogP contribution < -0.4 is 0 Å². The van der Waals surface area contributed by atoms with Crippen LogP contribution in [-0.2, 0) is 24.9 Å². The number of aliphatic hydroxyl groups is 1. The second kappa shape index (κ2) is 9.92. The van der Waals surface area contributed by atoms with Crippen molar-refractivity contribution in [2.75, 3.05) is 0 Å². The Morgan fingerprint density at radius 3 is 2.35 bits per heavy atom. The van der Waals surface area contributed by atoms with Crippen LogP contribution in [0.3, 0.4) is 0 Å². The Morgan fingerprint density at radius 1 is 1.03 bits per heavy atom. The predicted molar refractivity (Wildman–Crippen MR) is 132 cm³/mol. The monoisotopic (exact) mass is 627 g/mol. The van der Waals surface area contributed by atoms with Crippen molar-refractivity contribution in [2.24, 2.45) is 0 Å². The number of carbonyl (C=O) groups excluding carboxylic acids is 1. The fourth-order valence-electron chi connectivity index (χ4n) is 4.16. The molecule has 6 rings (SSSR count). The van der Waals surface area contributed by atoms with Gasteiger partial charge in [-0.05, 0) is 26.0 Å². The van der Waals surface area contributed by atoms with Gasteiger partial charge in [0.05, 0.1) is 11.3 Å². The van der Waals surface area contributed by atoms with E-state index in [0.29, 0.717) is 0 Å². The van der Waals surface area contributed by atoms with Gasteiger partial charge < -0.3 is 9.52 Å². The standard InChI is InChI=1S/C24H16NO.C5H8O2.Ir/c1-3-7-20-18(5-1)22-19-6-2-4-8-21(19)26-24(22)23(25-20)17-13-11-16(12-14-17)15-9-10-15;1-4(6)3-5(2)7;/h1-8,11-13,15H,9-10H2;3,6H,1-2H3;/q-1;;/b;4-3-;. The van der Waals surface area contributed by atoms with Crippen LogP contribution in [0.2, 0.25) is 0 Å². The Kier molecular flexibility index (Phi) is 6.97. The van der Waals surface area contributed by atoms with Gasteiger partial charge in [0.15, 0.2) is 5.78 Å². The summed E-state index contributed by atoms with van der Waals surface area (Å²) in [5, 5.41) is 11.8.